The van der Waals surface area contributed by atoms with Crippen LogP contribution in [0.15, 0.2) is 0 Å². The normalized spacial score (nSPS) is 10.0. The van der Waals surface area contributed by atoms with Crippen LogP contribution in [-0.2, 0) is 4.79 Å². The molecule has 0 heterocycles. The van der Waals surface area contributed by atoms with Gasteiger partial charge in [-0.15, -0.1) is 0 Å². The van der Waals surface area contributed by atoms with Crippen molar-refractivity contribution in [3.8, 4) is 0 Å². The first kappa shape index (κ1) is 16.0. The van der Waals surface area contributed by atoms with Crippen LogP contribution in [-0.4, -0.2) is 14.2 Å². The molecular weight excluding hydrogens is 190 g/mol. The van der Waals surface area contributed by atoms with Gasteiger partial charge >= 0.3 is 0 Å². The lowest BCUT2D eigenvalue weighted by Crippen LogP contribution is -2.30. The fraction of sp³-hybridized carbons (Fsp3) is 0.909. The maximum atomic E-state index is 8.35. The van der Waals surface area contributed by atoms with Gasteiger partial charge in [-0.05, 0) is 0 Å². The van der Waals surface area contributed by atoms with Crippen LogP contribution in [0.4, 0.5) is 0 Å². The Bertz CT molecular complexity index is 141. The van der Waals surface area contributed by atoms with E-state index in [1.807, 2.05) is 0 Å². The predicted molar refractivity (Wildman–Crippen MR) is 65.3 cm³/mol. The molecular formula is C11H25NOSi. The van der Waals surface area contributed by atoms with Crippen molar-refractivity contribution in [1.29, 1.82) is 5.41 Å². The summed E-state index contributed by atoms with van der Waals surface area (Å²) in [5.74, 6) is 0. The molecule has 0 fully saturated rings. The molecule has 2 nitrogen and oxygen atoms in total. The molecule has 0 saturated heterocycles. The van der Waals surface area contributed by atoms with E-state index >= 15 is 0 Å². The predicted octanol–water partition coefficient (Wildman–Crippen LogP) is 4.20. The standard InChI is InChI=1S/C10H24Si.CHNO/c1-5-9-10-11(6-2,7-3)8-4;2-1-3/h5-10H2,1-4H3;2H. The highest BCUT2D eigenvalue weighted by atomic mass is 28.3. The van der Waals surface area contributed by atoms with E-state index in [-0.39, 0.29) is 0 Å². The van der Waals surface area contributed by atoms with Crippen molar-refractivity contribution < 1.29 is 4.79 Å². The Balaban J connectivity index is 0. The summed E-state index contributed by atoms with van der Waals surface area (Å²) in [7, 11) is -0.738. The smallest absolute Gasteiger partial charge is 0.222 e. The second-order valence-electron chi connectivity index (χ2n) is 3.77. The van der Waals surface area contributed by atoms with Crippen molar-refractivity contribution in [2.75, 3.05) is 0 Å². The van der Waals surface area contributed by atoms with E-state index in [1.54, 1.807) is 6.04 Å². The first-order valence-electron chi connectivity index (χ1n) is 5.70. The Hall–Kier alpha value is -0.403. The molecule has 0 aromatic rings. The highest BCUT2D eigenvalue weighted by Gasteiger charge is 2.24. The molecule has 0 aliphatic carbocycles. The molecule has 0 atom stereocenters. The molecule has 84 valence electrons. The summed E-state index contributed by atoms with van der Waals surface area (Å²) in [5, 5.41) is 5.40. The summed E-state index contributed by atoms with van der Waals surface area (Å²) >= 11 is 0. The lowest BCUT2D eigenvalue weighted by molar-refractivity contribution is 0.563. The Morgan fingerprint density at radius 3 is 1.64 bits per heavy atom. The van der Waals surface area contributed by atoms with Crippen molar-refractivity contribution >= 4 is 14.2 Å². The first-order chi connectivity index (χ1) is 6.66. The van der Waals surface area contributed by atoms with Crippen molar-refractivity contribution in [3.63, 3.8) is 0 Å². The van der Waals surface area contributed by atoms with Gasteiger partial charge in [0, 0.05) is 0 Å². The number of hydrogen-bond acceptors (Lipinski definition) is 2. The summed E-state index contributed by atoms with van der Waals surface area (Å²) < 4.78 is 0. The molecule has 0 spiro atoms. The van der Waals surface area contributed by atoms with Gasteiger partial charge in [-0.1, -0.05) is 64.7 Å². The van der Waals surface area contributed by atoms with E-state index in [4.69, 9.17) is 10.2 Å². The number of isocyanates is 1. The maximum Gasteiger partial charge on any atom is 0.231 e. The van der Waals surface area contributed by atoms with Gasteiger partial charge < -0.3 is 0 Å². The molecule has 0 unspecified atom stereocenters. The quantitative estimate of drug-likeness (QED) is 0.403. The van der Waals surface area contributed by atoms with Gasteiger partial charge in [-0.2, -0.15) is 0 Å². The van der Waals surface area contributed by atoms with Crippen LogP contribution < -0.4 is 0 Å². The third-order valence-electron chi connectivity index (χ3n) is 3.31. The van der Waals surface area contributed by atoms with E-state index < -0.39 is 8.07 Å². The lowest BCUT2D eigenvalue weighted by atomic mass is 10.4. The van der Waals surface area contributed by atoms with Crippen LogP contribution in [0.2, 0.25) is 24.2 Å². The molecule has 0 aromatic heterocycles. The monoisotopic (exact) mass is 215 g/mol. The fourth-order valence-corrected chi connectivity index (χ4v) is 5.50. The molecule has 0 amide bonds. The molecule has 0 rings (SSSR count). The SMILES string of the molecule is CCCC[Si](CC)(CC)CC.N=C=O. The van der Waals surface area contributed by atoms with Gasteiger partial charge in [0.2, 0.25) is 6.08 Å². The minimum Gasteiger partial charge on any atom is -0.222 e. The van der Waals surface area contributed by atoms with E-state index in [1.165, 1.54) is 31.0 Å². The van der Waals surface area contributed by atoms with Crippen LogP contribution in [0.3, 0.4) is 0 Å². The van der Waals surface area contributed by atoms with E-state index in [0.717, 1.165) is 6.08 Å². The summed E-state index contributed by atoms with van der Waals surface area (Å²) in [6, 6.07) is 6.08. The molecule has 3 heteroatoms. The Morgan fingerprint density at radius 1 is 1.07 bits per heavy atom. The van der Waals surface area contributed by atoms with Crippen molar-refractivity contribution in [2.45, 2.75) is 64.7 Å². The minimum atomic E-state index is -0.738. The number of rotatable bonds is 6. The van der Waals surface area contributed by atoms with Gasteiger partial charge in [0.05, 0.1) is 8.07 Å². The summed E-state index contributed by atoms with van der Waals surface area (Å²) in [4.78, 5) is 8.35. The Morgan fingerprint density at radius 2 is 1.43 bits per heavy atom. The average molecular weight is 215 g/mol. The number of unbranched alkanes of at least 4 members (excludes halogenated alkanes) is 1. The van der Waals surface area contributed by atoms with Crippen molar-refractivity contribution in [1.82, 2.24) is 0 Å². The van der Waals surface area contributed by atoms with Gasteiger partial charge in [0.1, 0.15) is 0 Å². The third kappa shape index (κ3) is 7.04. The molecule has 0 bridgehead atoms. The molecule has 0 aliphatic heterocycles. The van der Waals surface area contributed by atoms with Gasteiger partial charge in [0.15, 0.2) is 0 Å². The topological polar surface area (TPSA) is 40.9 Å². The lowest BCUT2D eigenvalue weighted by Gasteiger charge is -2.27. The van der Waals surface area contributed by atoms with Crippen LogP contribution in [0.5, 0.6) is 0 Å². The van der Waals surface area contributed by atoms with Gasteiger partial charge in [-0.25, -0.2) is 10.2 Å². The van der Waals surface area contributed by atoms with Crippen LogP contribution in [0.25, 0.3) is 0 Å². The first-order valence-corrected chi connectivity index (χ1v) is 8.53. The van der Waals surface area contributed by atoms with E-state index in [9.17, 15) is 0 Å². The minimum absolute atomic E-state index is 0.738. The highest BCUT2D eigenvalue weighted by Crippen LogP contribution is 2.26. The van der Waals surface area contributed by atoms with Crippen molar-refractivity contribution in [2.24, 2.45) is 0 Å². The molecule has 0 saturated carbocycles. The maximum absolute atomic E-state index is 8.35. The van der Waals surface area contributed by atoms with Crippen LogP contribution >= 0.6 is 0 Å². The summed E-state index contributed by atoms with van der Waals surface area (Å²) in [6.45, 7) is 9.50. The average Bonchev–Trinajstić information content (AvgIpc) is 2.22. The van der Waals surface area contributed by atoms with E-state index in [2.05, 4.69) is 27.7 Å². The van der Waals surface area contributed by atoms with Crippen molar-refractivity contribution in [3.05, 3.63) is 0 Å². The molecule has 0 radical (unpaired) electrons. The Labute approximate surface area is 89.6 Å². The third-order valence-corrected chi connectivity index (χ3v) is 9.22. The fourth-order valence-electron chi connectivity index (χ4n) is 1.83. The number of carbonyl (C=O) groups excluding carboxylic acids is 1. The van der Waals surface area contributed by atoms with Gasteiger partial charge in [0.25, 0.3) is 0 Å². The molecule has 0 aromatic carbocycles. The molecule has 14 heavy (non-hydrogen) atoms. The largest absolute Gasteiger partial charge is 0.231 e. The van der Waals surface area contributed by atoms with E-state index in [0.29, 0.717) is 0 Å². The summed E-state index contributed by atoms with van der Waals surface area (Å²) in [6.07, 6.45) is 3.61. The second-order valence-corrected chi connectivity index (χ2v) is 9.39. The Kier molecular flexibility index (Phi) is 12.2. The summed E-state index contributed by atoms with van der Waals surface area (Å²) in [5.41, 5.74) is 0. The zero-order chi connectivity index (χ0) is 11.4. The molecule has 1 N–H and O–H groups in total. The van der Waals surface area contributed by atoms with Crippen LogP contribution in [0, 0.1) is 5.41 Å². The zero-order valence-corrected chi connectivity index (χ0v) is 11.2. The highest BCUT2D eigenvalue weighted by molar-refractivity contribution is 6.79. The number of nitrogens with one attached hydrogen (secondary N) is 1. The van der Waals surface area contributed by atoms with Gasteiger partial charge in [-0.3, -0.25) is 0 Å². The zero-order valence-electron chi connectivity index (χ0n) is 10.2. The number of hydrogen-bond donors (Lipinski definition) is 1. The molecule has 0 aliphatic rings. The van der Waals surface area contributed by atoms with Crippen LogP contribution in [0.1, 0.15) is 40.5 Å². The second kappa shape index (κ2) is 10.7.